The van der Waals surface area contributed by atoms with Crippen molar-refractivity contribution in [2.45, 2.75) is 70.2 Å². The van der Waals surface area contributed by atoms with E-state index >= 15 is 0 Å². The second-order valence-electron chi connectivity index (χ2n) is 12.2. The molecule has 0 amide bonds. The van der Waals surface area contributed by atoms with E-state index in [-0.39, 0.29) is 29.3 Å². The fourth-order valence-electron chi connectivity index (χ4n) is 6.26. The van der Waals surface area contributed by atoms with Gasteiger partial charge in [-0.25, -0.2) is 0 Å². The zero-order valence-corrected chi connectivity index (χ0v) is 25.7. The van der Waals surface area contributed by atoms with Crippen LogP contribution in [0.2, 0.25) is 0 Å². The minimum Gasteiger partial charge on any atom is -0.384 e. The minimum absolute atomic E-state index is 0.0771. The van der Waals surface area contributed by atoms with Gasteiger partial charge in [0.25, 0.3) is 0 Å². The van der Waals surface area contributed by atoms with Gasteiger partial charge in [0.2, 0.25) is 0 Å². The molecule has 0 radical (unpaired) electrons. The summed E-state index contributed by atoms with van der Waals surface area (Å²) in [5, 5.41) is 10.5. The summed E-state index contributed by atoms with van der Waals surface area (Å²) < 4.78 is 42.7. The number of carbonyl (C=O) groups is 1. The van der Waals surface area contributed by atoms with Crippen LogP contribution in [0.3, 0.4) is 0 Å². The molecule has 0 bridgehead atoms. The number of ketones is 1. The smallest absolute Gasteiger partial charge is 0.384 e. The van der Waals surface area contributed by atoms with Crippen LogP contribution in [0.15, 0.2) is 88.2 Å². The summed E-state index contributed by atoms with van der Waals surface area (Å²) in [5.41, 5.74) is 10.9. The minimum atomic E-state index is -4.66. The second kappa shape index (κ2) is 11.3. The van der Waals surface area contributed by atoms with Crippen LogP contribution >= 0.6 is 11.8 Å². The van der Waals surface area contributed by atoms with E-state index < -0.39 is 23.1 Å². The Morgan fingerprint density at radius 3 is 2.35 bits per heavy atom. The standard InChI is InChI=1S/C35H34F3N3OS/c1-20-10-6-9-13-30(20)43-19-23-15-24(22(3)14-21(23)2)31-25(18-39)33(40)41(27-12-8-7-11-26(27)35(36,37)38)28-16-34(4,5)17-29(42)32(28)31/h6-15,31H,16-17,19,40H2,1-5H3. The lowest BCUT2D eigenvalue weighted by Gasteiger charge is -2.44. The van der Waals surface area contributed by atoms with Crippen molar-refractivity contribution in [1.82, 2.24) is 0 Å². The number of carbonyl (C=O) groups excluding carboxylic acids is 1. The van der Waals surface area contributed by atoms with Crippen molar-refractivity contribution in [3.8, 4) is 6.07 Å². The van der Waals surface area contributed by atoms with Crippen molar-refractivity contribution >= 4 is 23.2 Å². The number of allylic oxidation sites excluding steroid dienone is 3. The maximum Gasteiger partial charge on any atom is 0.418 e. The molecule has 3 aromatic rings. The first-order chi connectivity index (χ1) is 20.2. The number of rotatable bonds is 5. The van der Waals surface area contributed by atoms with Crippen LogP contribution in [0.4, 0.5) is 18.9 Å². The van der Waals surface area contributed by atoms with Gasteiger partial charge in [0.1, 0.15) is 5.82 Å². The number of hydrogen-bond donors (Lipinski definition) is 1. The van der Waals surface area contributed by atoms with E-state index in [0.29, 0.717) is 23.4 Å². The number of para-hydroxylation sites is 1. The van der Waals surface area contributed by atoms with Crippen LogP contribution in [0, 0.1) is 37.5 Å². The van der Waals surface area contributed by atoms with Crippen LogP contribution in [0.25, 0.3) is 0 Å². The predicted octanol–water partition coefficient (Wildman–Crippen LogP) is 8.86. The number of nitrogens with zero attached hydrogens (tertiary/aromatic N) is 2. The number of nitrogens with two attached hydrogens (primary N) is 1. The number of anilines is 1. The Balaban J connectivity index is 1.71. The lowest BCUT2D eigenvalue weighted by Crippen LogP contribution is -2.42. The monoisotopic (exact) mass is 601 g/mol. The summed E-state index contributed by atoms with van der Waals surface area (Å²) in [6.07, 6.45) is -4.11. The fraction of sp³-hybridized carbons (Fsp3) is 0.314. The number of hydrogen-bond acceptors (Lipinski definition) is 5. The van der Waals surface area contributed by atoms with Gasteiger partial charge in [0.05, 0.1) is 28.8 Å². The van der Waals surface area contributed by atoms with Crippen molar-refractivity contribution in [1.29, 1.82) is 5.26 Å². The SMILES string of the molecule is Cc1cc(C)c(C2C(C#N)=C(N)N(c3ccccc3C(F)(F)F)C3=C2C(=O)CC(C)(C)C3)cc1CSc1ccccc1C. The molecule has 1 atom stereocenters. The number of aryl methyl sites for hydroxylation is 3. The van der Waals surface area contributed by atoms with Crippen LogP contribution in [0.5, 0.6) is 0 Å². The largest absolute Gasteiger partial charge is 0.418 e. The first kappa shape index (κ1) is 30.5. The lowest BCUT2D eigenvalue weighted by atomic mass is 9.68. The molecule has 0 spiro atoms. The maximum absolute atomic E-state index is 14.2. The Kier molecular flexibility index (Phi) is 8.00. The van der Waals surface area contributed by atoms with E-state index in [0.717, 1.165) is 33.2 Å². The average molecular weight is 602 g/mol. The van der Waals surface area contributed by atoms with Crippen LogP contribution in [0.1, 0.15) is 66.0 Å². The van der Waals surface area contributed by atoms with Gasteiger partial charge in [-0.1, -0.05) is 56.3 Å². The van der Waals surface area contributed by atoms with E-state index in [4.69, 9.17) is 5.73 Å². The van der Waals surface area contributed by atoms with E-state index in [9.17, 15) is 23.2 Å². The third kappa shape index (κ3) is 5.71. The second-order valence-corrected chi connectivity index (χ2v) is 13.2. The van der Waals surface area contributed by atoms with Crippen molar-refractivity contribution < 1.29 is 18.0 Å². The highest BCUT2D eigenvalue weighted by atomic mass is 32.2. The molecule has 43 heavy (non-hydrogen) atoms. The molecule has 0 saturated carbocycles. The molecule has 1 aliphatic heterocycles. The van der Waals surface area contributed by atoms with Crippen LogP contribution in [-0.2, 0) is 16.7 Å². The van der Waals surface area contributed by atoms with Gasteiger partial charge >= 0.3 is 6.18 Å². The molecule has 0 aromatic heterocycles. The van der Waals surface area contributed by atoms with E-state index in [2.05, 4.69) is 31.2 Å². The Morgan fingerprint density at radius 1 is 1.00 bits per heavy atom. The zero-order chi connectivity index (χ0) is 31.3. The van der Waals surface area contributed by atoms with Gasteiger partial charge in [-0.15, -0.1) is 11.8 Å². The molecule has 2 aliphatic rings. The Hall–Kier alpha value is -3.96. The van der Waals surface area contributed by atoms with Crippen molar-refractivity contribution in [3.63, 3.8) is 0 Å². The van der Waals surface area contributed by atoms with Gasteiger partial charge in [0.15, 0.2) is 5.78 Å². The molecule has 3 aromatic carbocycles. The summed E-state index contributed by atoms with van der Waals surface area (Å²) in [7, 11) is 0. The molecule has 1 aliphatic carbocycles. The molecule has 222 valence electrons. The zero-order valence-electron chi connectivity index (χ0n) is 24.9. The van der Waals surface area contributed by atoms with E-state index in [1.807, 2.05) is 45.9 Å². The van der Waals surface area contributed by atoms with Crippen LogP contribution in [-0.4, -0.2) is 5.78 Å². The highest BCUT2D eigenvalue weighted by molar-refractivity contribution is 7.98. The third-order valence-electron chi connectivity index (χ3n) is 8.34. The molecule has 0 fully saturated rings. The van der Waals surface area contributed by atoms with E-state index in [1.165, 1.54) is 28.7 Å². The summed E-state index contributed by atoms with van der Waals surface area (Å²) in [5.74, 6) is -0.359. The van der Waals surface area contributed by atoms with Crippen molar-refractivity contribution in [3.05, 3.63) is 117 Å². The Bertz CT molecular complexity index is 1730. The molecule has 1 unspecified atom stereocenters. The number of nitriles is 1. The average Bonchev–Trinajstić information content (AvgIpc) is 2.92. The molecular weight excluding hydrogens is 567 g/mol. The summed E-state index contributed by atoms with van der Waals surface area (Å²) in [6.45, 7) is 9.89. The Morgan fingerprint density at radius 2 is 1.67 bits per heavy atom. The quantitative estimate of drug-likeness (QED) is 0.296. The molecular formula is C35H34F3N3OS. The molecule has 0 saturated heterocycles. The first-order valence-corrected chi connectivity index (χ1v) is 15.1. The predicted molar refractivity (Wildman–Crippen MR) is 165 cm³/mol. The number of alkyl halides is 3. The summed E-state index contributed by atoms with van der Waals surface area (Å²) >= 11 is 1.71. The van der Waals surface area contributed by atoms with Crippen molar-refractivity contribution in [2.24, 2.45) is 11.1 Å². The summed E-state index contributed by atoms with van der Waals surface area (Å²) in [6, 6.07) is 19.6. The molecule has 5 rings (SSSR count). The van der Waals surface area contributed by atoms with Gasteiger partial charge < -0.3 is 5.73 Å². The number of Topliss-reactive ketones (excluding diaryl/α,β-unsaturated/α-hetero) is 1. The highest BCUT2D eigenvalue weighted by Crippen LogP contribution is 2.52. The molecule has 1 heterocycles. The molecule has 4 nitrogen and oxygen atoms in total. The van der Waals surface area contributed by atoms with Crippen molar-refractivity contribution in [2.75, 3.05) is 4.90 Å². The van der Waals surface area contributed by atoms with Gasteiger partial charge in [-0.05, 0) is 78.6 Å². The maximum atomic E-state index is 14.2. The van der Waals surface area contributed by atoms with Gasteiger partial charge in [-0.3, -0.25) is 9.69 Å². The highest BCUT2D eigenvalue weighted by Gasteiger charge is 2.46. The normalized spacial score (nSPS) is 18.5. The van der Waals surface area contributed by atoms with Gasteiger partial charge in [-0.2, -0.15) is 18.4 Å². The van der Waals surface area contributed by atoms with E-state index in [1.54, 1.807) is 11.8 Å². The fourth-order valence-corrected chi connectivity index (χ4v) is 7.35. The van der Waals surface area contributed by atoms with Crippen LogP contribution < -0.4 is 10.6 Å². The van der Waals surface area contributed by atoms with Gasteiger partial charge in [0, 0.05) is 28.3 Å². The number of halogens is 3. The summed E-state index contributed by atoms with van der Waals surface area (Å²) in [4.78, 5) is 16.5. The lowest BCUT2D eigenvalue weighted by molar-refractivity contribution is -0.137. The topological polar surface area (TPSA) is 70.1 Å². The Labute approximate surface area is 255 Å². The third-order valence-corrected chi connectivity index (χ3v) is 9.57. The molecule has 8 heteroatoms. The number of thioether (sulfide) groups is 1. The first-order valence-electron chi connectivity index (χ1n) is 14.1. The molecule has 2 N–H and O–H groups in total. The number of benzene rings is 3.